The predicted octanol–water partition coefficient (Wildman–Crippen LogP) is 4.85. The summed E-state index contributed by atoms with van der Waals surface area (Å²) in [5, 5.41) is 0. The Morgan fingerprint density at radius 3 is 2.31 bits per heavy atom. The first-order chi connectivity index (χ1) is 12.5. The Morgan fingerprint density at radius 2 is 1.81 bits per heavy atom. The molecule has 1 aliphatic heterocycles. The smallest absolute Gasteiger partial charge is 0.322 e. The van der Waals surface area contributed by atoms with E-state index in [1.54, 1.807) is 18.9 Å². The number of rotatable bonds is 8. The zero-order valence-corrected chi connectivity index (χ0v) is 18.5. The lowest BCUT2D eigenvalue weighted by Crippen LogP contribution is -2.65. The minimum Gasteiger partial charge on any atom is -0.497 e. The molecule has 2 rings (SSSR count). The van der Waals surface area contributed by atoms with E-state index in [0.29, 0.717) is 13.2 Å². The lowest BCUT2D eigenvalue weighted by Gasteiger charge is -2.52. The fourth-order valence-corrected chi connectivity index (χ4v) is 12.5. The van der Waals surface area contributed by atoms with Crippen LogP contribution in [0.5, 0.6) is 5.75 Å². The van der Waals surface area contributed by atoms with Crippen LogP contribution in [0.15, 0.2) is 24.3 Å². The predicted molar refractivity (Wildman–Crippen MR) is 111 cm³/mol. The number of thioether (sulfide) groups is 1. The van der Waals surface area contributed by atoms with Crippen LogP contribution in [0.1, 0.15) is 39.4 Å². The molecule has 6 heteroatoms. The molecule has 0 aromatic heterocycles. The molecular formula is C20H32O4SSi. The first-order valence-electron chi connectivity index (χ1n) is 9.61. The van der Waals surface area contributed by atoms with E-state index in [1.807, 2.05) is 31.2 Å². The second-order valence-corrected chi connectivity index (χ2v) is 13.8. The number of hydrogen-bond acceptors (Lipinski definition) is 5. The highest BCUT2D eigenvalue weighted by Gasteiger charge is 2.63. The Labute approximate surface area is 163 Å². The van der Waals surface area contributed by atoms with Crippen molar-refractivity contribution in [3.63, 3.8) is 0 Å². The van der Waals surface area contributed by atoms with Crippen molar-refractivity contribution in [2.24, 2.45) is 0 Å². The van der Waals surface area contributed by atoms with Crippen LogP contribution in [-0.4, -0.2) is 44.5 Å². The van der Waals surface area contributed by atoms with Gasteiger partial charge in [-0.15, -0.1) is 11.8 Å². The molecule has 0 aliphatic carbocycles. The Bertz CT molecular complexity index is 580. The molecule has 146 valence electrons. The van der Waals surface area contributed by atoms with Crippen molar-refractivity contribution in [1.82, 2.24) is 0 Å². The molecule has 0 bridgehead atoms. The molecule has 0 saturated carbocycles. The average molecular weight is 397 g/mol. The summed E-state index contributed by atoms with van der Waals surface area (Å²) in [6.07, 6.45) is -0.266. The van der Waals surface area contributed by atoms with E-state index in [-0.39, 0.29) is 12.1 Å². The molecule has 1 aromatic carbocycles. The number of ether oxygens (including phenoxy) is 3. The summed E-state index contributed by atoms with van der Waals surface area (Å²) in [5.41, 5.74) is 1.04. The maximum Gasteiger partial charge on any atom is 0.322 e. The molecule has 0 amide bonds. The quantitative estimate of drug-likeness (QED) is 0.464. The van der Waals surface area contributed by atoms with Gasteiger partial charge in [-0.2, -0.15) is 0 Å². The first-order valence-corrected chi connectivity index (χ1v) is 13.2. The Kier molecular flexibility index (Phi) is 7.61. The van der Waals surface area contributed by atoms with Gasteiger partial charge in [-0.1, -0.05) is 51.0 Å². The zero-order valence-electron chi connectivity index (χ0n) is 16.7. The van der Waals surface area contributed by atoms with Crippen molar-refractivity contribution in [2.45, 2.75) is 56.3 Å². The maximum absolute atomic E-state index is 13.4. The van der Waals surface area contributed by atoms with Gasteiger partial charge in [-0.05, 0) is 24.6 Å². The van der Waals surface area contributed by atoms with Gasteiger partial charge < -0.3 is 14.2 Å². The molecule has 0 N–H and O–H groups in total. The van der Waals surface area contributed by atoms with Crippen LogP contribution in [0.2, 0.25) is 18.1 Å². The van der Waals surface area contributed by atoms with Crippen LogP contribution >= 0.6 is 11.8 Å². The zero-order chi connectivity index (χ0) is 19.2. The van der Waals surface area contributed by atoms with Crippen molar-refractivity contribution >= 4 is 25.8 Å². The monoisotopic (exact) mass is 396 g/mol. The highest BCUT2D eigenvalue weighted by atomic mass is 32.2. The summed E-state index contributed by atoms with van der Waals surface area (Å²) in [7, 11) is -0.342. The van der Waals surface area contributed by atoms with Gasteiger partial charge >= 0.3 is 5.97 Å². The molecule has 1 fully saturated rings. The van der Waals surface area contributed by atoms with E-state index in [1.165, 1.54) is 0 Å². The highest BCUT2D eigenvalue weighted by Crippen LogP contribution is 2.54. The third-order valence-corrected chi connectivity index (χ3v) is 14.9. The van der Waals surface area contributed by atoms with E-state index in [0.717, 1.165) is 35.2 Å². The number of carbonyl (C=O) groups is 1. The summed E-state index contributed by atoms with van der Waals surface area (Å²) in [6.45, 7) is 9.65. The second-order valence-electron chi connectivity index (χ2n) is 6.67. The summed E-state index contributed by atoms with van der Waals surface area (Å²) < 4.78 is 16.7. The molecule has 26 heavy (non-hydrogen) atoms. The SMILES string of the molecule is CCOC(=O)[C@@]1([Si](CC)(CC)CC)SCCO[C@H]1c1ccc(OC)cc1. The average Bonchev–Trinajstić information content (AvgIpc) is 2.70. The van der Waals surface area contributed by atoms with E-state index in [9.17, 15) is 4.79 Å². The van der Waals surface area contributed by atoms with Crippen LogP contribution in [0.4, 0.5) is 0 Å². The molecule has 1 saturated heterocycles. The molecule has 1 aromatic rings. The van der Waals surface area contributed by atoms with E-state index < -0.39 is 12.4 Å². The summed E-state index contributed by atoms with van der Waals surface area (Å²) >= 11 is 1.78. The van der Waals surface area contributed by atoms with Gasteiger partial charge in [0, 0.05) is 5.75 Å². The number of methoxy groups -OCH3 is 1. The first kappa shape index (κ1) is 21.3. The van der Waals surface area contributed by atoms with E-state index >= 15 is 0 Å². The third-order valence-electron chi connectivity index (χ3n) is 5.88. The lowest BCUT2D eigenvalue weighted by molar-refractivity contribution is -0.148. The molecular weight excluding hydrogens is 364 g/mol. The standard InChI is InChI=1S/C20H32O4SSi/c1-6-23-19(21)20(26(7-2,8-3)9-4)18(24-14-15-25-20)16-10-12-17(22-5)13-11-16/h10-13,18H,6-9,14-15H2,1-5H3/t18-,20+/m0/s1. The van der Waals surface area contributed by atoms with Gasteiger partial charge in [-0.3, -0.25) is 4.79 Å². The molecule has 0 spiro atoms. The van der Waals surface area contributed by atoms with Gasteiger partial charge in [0.1, 0.15) is 16.2 Å². The third kappa shape index (κ3) is 3.56. The molecule has 1 aliphatic rings. The molecule has 1 heterocycles. The van der Waals surface area contributed by atoms with Crippen LogP contribution < -0.4 is 4.74 Å². The molecule has 0 radical (unpaired) electrons. The second kappa shape index (κ2) is 9.29. The number of hydrogen-bond donors (Lipinski definition) is 0. The van der Waals surface area contributed by atoms with Crippen molar-refractivity contribution < 1.29 is 19.0 Å². The van der Waals surface area contributed by atoms with Gasteiger partial charge in [0.2, 0.25) is 0 Å². The Morgan fingerprint density at radius 1 is 1.19 bits per heavy atom. The normalized spacial score (nSPS) is 23.5. The largest absolute Gasteiger partial charge is 0.497 e. The summed E-state index contributed by atoms with van der Waals surface area (Å²) in [4.78, 5) is 13.4. The summed E-state index contributed by atoms with van der Waals surface area (Å²) in [5.74, 6) is 1.56. The highest BCUT2D eigenvalue weighted by molar-refractivity contribution is 8.03. The fourth-order valence-electron chi connectivity index (χ4n) is 4.26. The molecule has 4 nitrogen and oxygen atoms in total. The molecule has 0 unspecified atom stereocenters. The van der Waals surface area contributed by atoms with Gasteiger partial charge in [0.25, 0.3) is 0 Å². The number of esters is 1. The van der Waals surface area contributed by atoms with Crippen LogP contribution in [0.3, 0.4) is 0 Å². The van der Waals surface area contributed by atoms with Crippen molar-refractivity contribution in [1.29, 1.82) is 0 Å². The Balaban J connectivity index is 2.61. The van der Waals surface area contributed by atoms with Gasteiger partial charge in [0.15, 0.2) is 0 Å². The van der Waals surface area contributed by atoms with Crippen molar-refractivity contribution in [2.75, 3.05) is 26.1 Å². The molecule has 2 atom stereocenters. The van der Waals surface area contributed by atoms with E-state index in [2.05, 4.69) is 20.8 Å². The lowest BCUT2D eigenvalue weighted by atomic mass is 10.0. The number of carbonyl (C=O) groups excluding carboxylic acids is 1. The van der Waals surface area contributed by atoms with Crippen LogP contribution in [0.25, 0.3) is 0 Å². The van der Waals surface area contributed by atoms with E-state index in [4.69, 9.17) is 14.2 Å². The van der Waals surface area contributed by atoms with Crippen molar-refractivity contribution in [3.8, 4) is 5.75 Å². The minimum absolute atomic E-state index is 0.0808. The van der Waals surface area contributed by atoms with Crippen LogP contribution in [-0.2, 0) is 14.3 Å². The number of benzene rings is 1. The maximum atomic E-state index is 13.4. The van der Waals surface area contributed by atoms with Crippen molar-refractivity contribution in [3.05, 3.63) is 29.8 Å². The van der Waals surface area contributed by atoms with Gasteiger partial charge in [-0.25, -0.2) is 0 Å². The topological polar surface area (TPSA) is 44.8 Å². The van der Waals surface area contributed by atoms with Gasteiger partial charge in [0.05, 0.1) is 28.4 Å². The van der Waals surface area contributed by atoms with Crippen LogP contribution in [0, 0.1) is 0 Å². The fraction of sp³-hybridized carbons (Fsp3) is 0.650. The minimum atomic E-state index is -2.00. The summed E-state index contributed by atoms with van der Waals surface area (Å²) in [6, 6.07) is 11.1. The Hall–Kier alpha value is -0.983.